The van der Waals surface area contributed by atoms with Gasteiger partial charge in [-0.15, -0.1) is 0 Å². The minimum absolute atomic E-state index is 0.132. The lowest BCUT2D eigenvalue weighted by Crippen LogP contribution is -2.14. The Balaban J connectivity index is 3.23. The largest absolute Gasteiger partial charge is 0.394 e. The van der Waals surface area contributed by atoms with Gasteiger partial charge in [0.05, 0.1) is 13.2 Å². The Kier molecular flexibility index (Phi) is 5.51. The molecule has 0 rings (SSSR count). The van der Waals surface area contributed by atoms with Gasteiger partial charge >= 0.3 is 0 Å². The van der Waals surface area contributed by atoms with E-state index < -0.39 is 0 Å². The fraction of sp³-hybridized carbons (Fsp3) is 1.00. The summed E-state index contributed by atoms with van der Waals surface area (Å²) < 4.78 is 5.17. The first-order valence-electron chi connectivity index (χ1n) is 4.31. The molecule has 0 aromatic carbocycles. The molecule has 0 aromatic rings. The van der Waals surface area contributed by atoms with E-state index in [1.54, 1.807) is 0 Å². The molecule has 0 amide bonds. The summed E-state index contributed by atoms with van der Waals surface area (Å²) in [5, 5.41) is 8.43. The normalized spacial score (nSPS) is 12.0. The molecule has 0 aliphatic rings. The Hall–Kier alpha value is -0.0800. The van der Waals surface area contributed by atoms with Gasteiger partial charge in [-0.05, 0) is 11.8 Å². The second-order valence-corrected chi connectivity index (χ2v) is 3.60. The highest BCUT2D eigenvalue weighted by Crippen LogP contribution is 2.23. The summed E-state index contributed by atoms with van der Waals surface area (Å²) in [5.74, 6) is 0. The third kappa shape index (κ3) is 6.32. The van der Waals surface area contributed by atoms with Gasteiger partial charge in [-0.2, -0.15) is 0 Å². The van der Waals surface area contributed by atoms with E-state index in [1.165, 1.54) is 6.42 Å². The Morgan fingerprint density at radius 1 is 1.27 bits per heavy atom. The maximum atomic E-state index is 8.43. The second kappa shape index (κ2) is 5.56. The van der Waals surface area contributed by atoms with Crippen LogP contribution in [0.2, 0.25) is 0 Å². The Labute approximate surface area is 69.6 Å². The van der Waals surface area contributed by atoms with Crippen molar-refractivity contribution in [1.29, 1.82) is 0 Å². The van der Waals surface area contributed by atoms with E-state index in [0.29, 0.717) is 12.0 Å². The van der Waals surface area contributed by atoms with Crippen LogP contribution in [0.5, 0.6) is 0 Å². The zero-order valence-corrected chi connectivity index (χ0v) is 7.89. The second-order valence-electron chi connectivity index (χ2n) is 3.60. The molecule has 0 aliphatic heterocycles. The first-order chi connectivity index (χ1) is 5.12. The fourth-order valence-corrected chi connectivity index (χ4v) is 0.692. The molecule has 68 valence electrons. The predicted octanol–water partition coefficient (Wildman–Crippen LogP) is 1.82. The molecule has 1 N–H and O–H groups in total. The lowest BCUT2D eigenvalue weighted by Gasteiger charge is -2.21. The molecule has 0 aromatic heterocycles. The molecule has 0 aliphatic carbocycles. The van der Waals surface area contributed by atoms with Gasteiger partial charge in [-0.25, -0.2) is 0 Å². The van der Waals surface area contributed by atoms with Gasteiger partial charge in [0.15, 0.2) is 0 Å². The number of hydrogen-bond donors (Lipinski definition) is 1. The van der Waals surface area contributed by atoms with E-state index in [4.69, 9.17) is 9.84 Å². The molecule has 0 spiro atoms. The van der Waals surface area contributed by atoms with Crippen LogP contribution in [-0.4, -0.2) is 24.9 Å². The third-order valence-electron chi connectivity index (χ3n) is 2.12. The first-order valence-corrected chi connectivity index (χ1v) is 4.31. The van der Waals surface area contributed by atoms with E-state index in [2.05, 4.69) is 20.8 Å². The molecule has 0 radical (unpaired) electrons. The smallest absolute Gasteiger partial charge is 0.0697 e. The Bertz CT molecular complexity index is 89.6. The van der Waals surface area contributed by atoms with Crippen molar-refractivity contribution in [1.82, 2.24) is 0 Å². The van der Waals surface area contributed by atoms with E-state index in [9.17, 15) is 0 Å². The molecular formula is C9H20O2. The van der Waals surface area contributed by atoms with Gasteiger partial charge in [0, 0.05) is 6.61 Å². The highest BCUT2D eigenvalue weighted by atomic mass is 16.5. The third-order valence-corrected chi connectivity index (χ3v) is 2.12. The van der Waals surface area contributed by atoms with Crippen molar-refractivity contribution in [2.75, 3.05) is 19.8 Å². The van der Waals surface area contributed by atoms with Crippen LogP contribution in [0.3, 0.4) is 0 Å². The van der Waals surface area contributed by atoms with Crippen molar-refractivity contribution in [3.8, 4) is 0 Å². The maximum Gasteiger partial charge on any atom is 0.0697 e. The van der Waals surface area contributed by atoms with Crippen LogP contribution in [0.15, 0.2) is 0 Å². The van der Waals surface area contributed by atoms with Crippen molar-refractivity contribution in [2.24, 2.45) is 5.41 Å². The van der Waals surface area contributed by atoms with Crippen LogP contribution in [0.25, 0.3) is 0 Å². The van der Waals surface area contributed by atoms with Crippen molar-refractivity contribution in [3.63, 3.8) is 0 Å². The lowest BCUT2D eigenvalue weighted by atomic mass is 9.87. The van der Waals surface area contributed by atoms with E-state index in [0.717, 1.165) is 13.0 Å². The van der Waals surface area contributed by atoms with Crippen LogP contribution in [0.1, 0.15) is 33.6 Å². The summed E-state index contributed by atoms with van der Waals surface area (Å²) in [6.45, 7) is 8.02. The molecule has 2 heteroatoms. The molecule has 0 atom stereocenters. The highest BCUT2D eigenvalue weighted by molar-refractivity contribution is 4.65. The van der Waals surface area contributed by atoms with E-state index in [-0.39, 0.29) is 6.61 Å². The van der Waals surface area contributed by atoms with Crippen LogP contribution in [0, 0.1) is 5.41 Å². The van der Waals surface area contributed by atoms with Crippen LogP contribution in [0.4, 0.5) is 0 Å². The zero-order valence-electron chi connectivity index (χ0n) is 7.89. The van der Waals surface area contributed by atoms with Gasteiger partial charge in [-0.3, -0.25) is 0 Å². The average Bonchev–Trinajstić information content (AvgIpc) is 1.99. The van der Waals surface area contributed by atoms with Gasteiger partial charge in [0.2, 0.25) is 0 Å². The van der Waals surface area contributed by atoms with Crippen molar-refractivity contribution in [2.45, 2.75) is 33.6 Å². The molecule has 0 saturated carbocycles. The fourth-order valence-electron chi connectivity index (χ4n) is 0.692. The van der Waals surface area contributed by atoms with Crippen LogP contribution < -0.4 is 0 Å². The van der Waals surface area contributed by atoms with Gasteiger partial charge in [-0.1, -0.05) is 27.2 Å². The molecule has 0 unspecified atom stereocenters. The molecule has 11 heavy (non-hydrogen) atoms. The number of ether oxygens (including phenoxy) is 1. The van der Waals surface area contributed by atoms with Crippen molar-refractivity contribution < 1.29 is 9.84 Å². The summed E-state index contributed by atoms with van der Waals surface area (Å²) in [5.41, 5.74) is 0.384. The summed E-state index contributed by atoms with van der Waals surface area (Å²) in [6, 6.07) is 0. The molecular weight excluding hydrogens is 140 g/mol. The molecule has 0 fully saturated rings. The summed E-state index contributed by atoms with van der Waals surface area (Å²) in [6.07, 6.45) is 2.25. The van der Waals surface area contributed by atoms with Crippen LogP contribution >= 0.6 is 0 Å². The van der Waals surface area contributed by atoms with Crippen LogP contribution in [-0.2, 0) is 4.74 Å². The first kappa shape index (κ1) is 10.9. The maximum absolute atomic E-state index is 8.43. The average molecular weight is 160 g/mol. The van der Waals surface area contributed by atoms with E-state index in [1.807, 2.05) is 0 Å². The summed E-state index contributed by atoms with van der Waals surface area (Å²) >= 11 is 0. The summed E-state index contributed by atoms with van der Waals surface area (Å²) in [4.78, 5) is 0. The topological polar surface area (TPSA) is 29.5 Å². The Morgan fingerprint density at radius 2 is 1.91 bits per heavy atom. The van der Waals surface area contributed by atoms with Crippen molar-refractivity contribution in [3.05, 3.63) is 0 Å². The monoisotopic (exact) mass is 160 g/mol. The van der Waals surface area contributed by atoms with Gasteiger partial charge < -0.3 is 9.84 Å². The van der Waals surface area contributed by atoms with Gasteiger partial charge in [0.1, 0.15) is 0 Å². The quantitative estimate of drug-likeness (QED) is 0.601. The van der Waals surface area contributed by atoms with Gasteiger partial charge in [0.25, 0.3) is 0 Å². The minimum Gasteiger partial charge on any atom is -0.394 e. The molecule has 0 heterocycles. The van der Waals surface area contributed by atoms with Crippen molar-refractivity contribution >= 4 is 0 Å². The number of aliphatic hydroxyl groups is 1. The standard InChI is InChI=1S/C9H20O2/c1-4-9(2,3)5-7-11-8-6-10/h10H,4-8H2,1-3H3. The predicted molar refractivity (Wildman–Crippen MR) is 46.6 cm³/mol. The molecule has 0 saturated heterocycles. The molecule has 0 bridgehead atoms. The minimum atomic E-state index is 0.132. The number of hydrogen-bond acceptors (Lipinski definition) is 2. The SMILES string of the molecule is CCC(C)(C)CCOCCO. The molecule has 2 nitrogen and oxygen atoms in total. The Morgan fingerprint density at radius 3 is 2.36 bits per heavy atom. The highest BCUT2D eigenvalue weighted by Gasteiger charge is 2.13. The zero-order chi connectivity index (χ0) is 8.74. The van der Waals surface area contributed by atoms with E-state index >= 15 is 0 Å². The number of aliphatic hydroxyl groups excluding tert-OH is 1. The lowest BCUT2D eigenvalue weighted by molar-refractivity contribution is 0.0719. The summed E-state index contributed by atoms with van der Waals surface area (Å²) in [7, 11) is 0. The number of rotatable bonds is 6.